The highest BCUT2D eigenvalue weighted by atomic mass is 16.4. The zero-order chi connectivity index (χ0) is 86.8. The number of amides is 13. The number of rotatable bonds is 55. The van der Waals surface area contributed by atoms with Gasteiger partial charge in [-0.1, -0.05) is 60.1 Å². The number of aliphatic imine (C=N–C) groups is 2. The number of guanidine groups is 2. The molecule has 2 rings (SSSR count). The van der Waals surface area contributed by atoms with Gasteiger partial charge in [0.15, 0.2) is 11.9 Å². The summed E-state index contributed by atoms with van der Waals surface area (Å²) in [5, 5.41) is 90.7. The van der Waals surface area contributed by atoms with Crippen LogP contribution in [-0.2, 0) is 78.3 Å². The Labute approximate surface area is 667 Å². The van der Waals surface area contributed by atoms with Gasteiger partial charge in [-0.2, -0.15) is 0 Å². The molecule has 648 valence electrons. The van der Waals surface area contributed by atoms with Gasteiger partial charge in [0, 0.05) is 32.5 Å². The molecule has 1 aliphatic heterocycles. The summed E-state index contributed by atoms with van der Waals surface area (Å²) >= 11 is 0. The fourth-order valence-electron chi connectivity index (χ4n) is 12.0. The fraction of sp³-hybridized carbons (Fsp3) is 0.681. The maximum Gasteiger partial charge on any atom is 0.326 e. The number of phenols is 1. The van der Waals surface area contributed by atoms with E-state index in [1.807, 2.05) is 0 Å². The Hall–Kier alpha value is -10.6. The topological polar surface area (TPSA) is 732 Å². The van der Waals surface area contributed by atoms with Crippen LogP contribution in [0.15, 0.2) is 34.3 Å². The molecule has 43 heteroatoms. The summed E-state index contributed by atoms with van der Waals surface area (Å²) in [7, 11) is 0. The Bertz CT molecular complexity index is 3430. The number of nitrogens with two attached hydrogens (primary N) is 7. The number of nitrogens with zero attached hydrogens (tertiary/aromatic N) is 3. The third-order valence-corrected chi connectivity index (χ3v) is 18.7. The summed E-state index contributed by atoms with van der Waals surface area (Å²) in [6, 6.07) is -14.1. The van der Waals surface area contributed by atoms with E-state index < -0.39 is 218 Å². The summed E-state index contributed by atoms with van der Waals surface area (Å²) in [4.78, 5) is 215. The minimum Gasteiger partial charge on any atom is -0.508 e. The van der Waals surface area contributed by atoms with Gasteiger partial charge < -0.3 is 139 Å². The van der Waals surface area contributed by atoms with Gasteiger partial charge in [0.05, 0.1) is 31.9 Å². The number of aliphatic hydroxyl groups is 3. The maximum atomic E-state index is 14.8. The van der Waals surface area contributed by atoms with Crippen LogP contribution in [0.1, 0.15) is 157 Å². The van der Waals surface area contributed by atoms with E-state index in [0.29, 0.717) is 31.2 Å². The molecule has 1 aromatic carbocycles. The number of unbranched alkanes of at least 4 members (excludes halogenated alkanes) is 2. The number of aliphatic hydroxyl groups excluding tert-OH is 3. The van der Waals surface area contributed by atoms with Crippen molar-refractivity contribution in [2.45, 2.75) is 242 Å². The maximum absolute atomic E-state index is 14.8. The van der Waals surface area contributed by atoms with Crippen molar-refractivity contribution < 1.29 is 103 Å². The van der Waals surface area contributed by atoms with Crippen molar-refractivity contribution in [3.8, 4) is 5.75 Å². The fourth-order valence-corrected chi connectivity index (χ4v) is 12.0. The van der Waals surface area contributed by atoms with Crippen LogP contribution < -0.4 is 104 Å². The zero-order valence-electron chi connectivity index (χ0n) is 66.5. The number of benzene rings is 1. The molecule has 43 nitrogen and oxygen atoms in total. The monoisotopic (exact) mass is 1630 g/mol. The molecule has 115 heavy (non-hydrogen) atoms. The lowest BCUT2D eigenvalue weighted by Crippen LogP contribution is -2.61. The van der Waals surface area contributed by atoms with Crippen LogP contribution in [0.2, 0.25) is 0 Å². The van der Waals surface area contributed by atoms with Crippen LogP contribution in [0.5, 0.6) is 5.75 Å². The van der Waals surface area contributed by atoms with Gasteiger partial charge in [-0.25, -0.2) is 4.79 Å². The number of hydrogen-bond donors (Lipinski definition) is 25. The number of hydrogen-bond acceptors (Lipinski definition) is 24. The molecule has 0 aromatic heterocycles. The smallest absolute Gasteiger partial charge is 0.326 e. The molecule has 1 saturated heterocycles. The van der Waals surface area contributed by atoms with E-state index in [0.717, 1.165) is 4.90 Å². The van der Waals surface area contributed by atoms with E-state index in [1.54, 1.807) is 27.7 Å². The molecule has 0 radical (unpaired) electrons. The van der Waals surface area contributed by atoms with E-state index >= 15 is 0 Å². The highest BCUT2D eigenvalue weighted by Crippen LogP contribution is 2.22. The summed E-state index contributed by atoms with van der Waals surface area (Å²) in [6.45, 7) is 8.35. The second-order valence-electron chi connectivity index (χ2n) is 29.0. The lowest BCUT2D eigenvalue weighted by atomic mass is 9.98. The SMILES string of the molecule is CCC(C)C(NC(=O)C(CCCCN)NC(=O)C(CC(C)C)NC(=O)C1CCCN1C(=O)C(CCC(=O)O)NC(=O)C(Cc1ccc(O)cc1)NC(=O)C(NC(=O)C(CO)NC(=O)CNC(=O)C(CO)NC(=O)C(CCCN=C(N)N)NC(=O)C(CCCCN)NC(=O)C(NC(=O)C(N)CCCN=C(N)N)C(C)O)C(C)C)C(=O)O. The molecule has 1 heterocycles. The Balaban J connectivity index is 2.39. The number of carbonyl (C=O) groups excluding carboxylic acids is 13. The second-order valence-corrected chi connectivity index (χ2v) is 29.0. The Morgan fingerprint density at radius 2 is 0.965 bits per heavy atom. The predicted octanol–water partition coefficient (Wildman–Crippen LogP) is -7.87. The van der Waals surface area contributed by atoms with Crippen molar-refractivity contribution >= 4 is 101 Å². The van der Waals surface area contributed by atoms with Crippen LogP contribution in [0, 0.1) is 17.8 Å². The van der Waals surface area contributed by atoms with Crippen molar-refractivity contribution in [2.75, 3.05) is 52.5 Å². The van der Waals surface area contributed by atoms with Crippen LogP contribution in [0.25, 0.3) is 0 Å². The molecule has 15 atom stereocenters. The minimum atomic E-state index is -1.85. The van der Waals surface area contributed by atoms with E-state index in [1.165, 1.54) is 45.0 Å². The largest absolute Gasteiger partial charge is 0.508 e. The van der Waals surface area contributed by atoms with Gasteiger partial charge in [0.25, 0.3) is 0 Å². The van der Waals surface area contributed by atoms with Crippen LogP contribution in [0.4, 0.5) is 0 Å². The number of nitrogens with one attached hydrogen (secondary N) is 12. The molecule has 0 aliphatic carbocycles. The third-order valence-electron chi connectivity index (χ3n) is 18.7. The molecule has 13 amide bonds. The molecule has 15 unspecified atom stereocenters. The molecule has 1 fully saturated rings. The third kappa shape index (κ3) is 37.0. The molecule has 0 spiro atoms. The molecule has 32 N–H and O–H groups in total. The van der Waals surface area contributed by atoms with Gasteiger partial charge in [-0.3, -0.25) is 77.1 Å². The summed E-state index contributed by atoms with van der Waals surface area (Å²) in [5.74, 6) is -17.6. The van der Waals surface area contributed by atoms with Crippen molar-refractivity contribution in [3.05, 3.63) is 29.8 Å². The van der Waals surface area contributed by atoms with Gasteiger partial charge in [0.2, 0.25) is 76.8 Å². The van der Waals surface area contributed by atoms with Crippen LogP contribution >= 0.6 is 0 Å². The van der Waals surface area contributed by atoms with E-state index in [2.05, 4.69) is 73.8 Å². The van der Waals surface area contributed by atoms with Gasteiger partial charge in [0.1, 0.15) is 78.3 Å². The Morgan fingerprint density at radius 1 is 0.513 bits per heavy atom. The Kier molecular flexibility index (Phi) is 46.0. The van der Waals surface area contributed by atoms with Crippen LogP contribution in [-0.4, -0.2) is 273 Å². The highest BCUT2D eigenvalue weighted by molar-refractivity contribution is 6.00. The molecule has 0 saturated carbocycles. The van der Waals surface area contributed by atoms with E-state index in [9.17, 15) is 103 Å². The van der Waals surface area contributed by atoms with Crippen molar-refractivity contribution in [1.29, 1.82) is 0 Å². The number of aliphatic carboxylic acids is 2. The zero-order valence-corrected chi connectivity index (χ0v) is 66.5. The first-order valence-corrected chi connectivity index (χ1v) is 38.5. The number of likely N-dealkylation sites (tertiary alicyclic amines) is 1. The molecule has 1 aromatic rings. The van der Waals surface area contributed by atoms with Gasteiger partial charge in [-0.15, -0.1) is 0 Å². The first-order chi connectivity index (χ1) is 54.2. The molecular weight excluding hydrogens is 1510 g/mol. The normalized spacial score (nSPS) is 16.2. The summed E-state index contributed by atoms with van der Waals surface area (Å²) in [6.07, 6.45) is -0.826. The standard InChI is InChI=1S/C72H124N22O21/c1-8-39(6)56(70(114)115)92-62(106)45(18-10-12-28-74)85-63(107)48(32-37(2)3)88-66(110)52-20-15-31-94(52)69(113)47(25-26-54(100)101)87-64(108)49(33-41-21-23-42(98)24-22-41)89-67(111)55(38(4)5)91-65(109)51(36-96)83-53(99)34-82-59(103)50(35-95)90-61(105)46(19-14-30-81-72(78)79)84-60(104)44(17-9-11-27-73)86-68(112)57(40(7)97)93-58(102)43(75)16-13-29-80-71(76)77/h21-24,37-40,43-52,55-57,95-98H,8-20,25-36,73-75H2,1-7H3,(H,82,103)(H,83,99)(H,84,104)(H,85,107)(H,86,112)(H,87,108)(H,88,110)(H,89,111)(H,90,105)(H,91,109)(H,92,106)(H,93,102)(H,100,101)(H,114,115)(H4,76,77,80)(H4,78,79,81). The average Bonchev–Trinajstić information content (AvgIpc) is 1.73. The minimum absolute atomic E-state index is 0.0202. The number of carboxylic acids is 2. The van der Waals surface area contributed by atoms with E-state index in [-0.39, 0.29) is 127 Å². The first-order valence-electron chi connectivity index (χ1n) is 38.5. The average molecular weight is 1630 g/mol. The molecule has 1 aliphatic rings. The van der Waals surface area contributed by atoms with Crippen LogP contribution in [0.3, 0.4) is 0 Å². The predicted molar refractivity (Wildman–Crippen MR) is 419 cm³/mol. The summed E-state index contributed by atoms with van der Waals surface area (Å²) < 4.78 is 0. The van der Waals surface area contributed by atoms with Crippen molar-refractivity contribution in [3.63, 3.8) is 0 Å². The quantitative estimate of drug-likeness (QED) is 0.0164. The first kappa shape index (κ1) is 100. The van der Waals surface area contributed by atoms with Gasteiger partial charge in [-0.05, 0) is 145 Å². The number of aromatic hydroxyl groups is 1. The molecule has 0 bridgehead atoms. The highest BCUT2D eigenvalue weighted by Gasteiger charge is 2.42. The lowest BCUT2D eigenvalue weighted by molar-refractivity contribution is -0.144. The van der Waals surface area contributed by atoms with Gasteiger partial charge >= 0.3 is 11.9 Å². The van der Waals surface area contributed by atoms with Crippen molar-refractivity contribution in [1.82, 2.24) is 68.7 Å². The summed E-state index contributed by atoms with van der Waals surface area (Å²) in [5.41, 5.74) is 39.4. The second kappa shape index (κ2) is 52.7. The van der Waals surface area contributed by atoms with E-state index in [4.69, 9.17) is 40.1 Å². The van der Waals surface area contributed by atoms with Crippen molar-refractivity contribution in [2.24, 2.45) is 67.9 Å². The lowest BCUT2D eigenvalue weighted by Gasteiger charge is -2.31. The molecular formula is C72H124N22O21. The Morgan fingerprint density at radius 3 is 1.46 bits per heavy atom. The number of phenolic OH excluding ortho intramolecular Hbond substituents is 1. The number of carboxylic acid groups (broad SMARTS) is 2. The number of carbonyl (C=O) groups is 15.